The van der Waals surface area contributed by atoms with Crippen molar-refractivity contribution in [1.82, 2.24) is 5.32 Å². The maximum Gasteiger partial charge on any atom is 0.0367 e. The second-order valence-electron chi connectivity index (χ2n) is 7.12. The molecule has 20 heavy (non-hydrogen) atoms. The summed E-state index contributed by atoms with van der Waals surface area (Å²) in [7, 11) is 0. The summed E-state index contributed by atoms with van der Waals surface area (Å²) in [6, 6.07) is 7.59. The third-order valence-electron chi connectivity index (χ3n) is 4.40. The minimum atomic E-state index is 0.224. The largest absolute Gasteiger partial charge is 0.310 e. The molecular formula is C18H29NS. The predicted octanol–water partition coefficient (Wildman–Crippen LogP) is 5.16. The highest BCUT2D eigenvalue weighted by Crippen LogP contribution is 2.45. The van der Waals surface area contributed by atoms with Crippen molar-refractivity contribution in [3.8, 4) is 0 Å². The van der Waals surface area contributed by atoms with Gasteiger partial charge in [-0.15, -0.1) is 11.8 Å². The Bertz CT molecular complexity index is 461. The quantitative estimate of drug-likeness (QED) is 0.826. The Labute approximate surface area is 128 Å². The van der Waals surface area contributed by atoms with Crippen molar-refractivity contribution in [3.63, 3.8) is 0 Å². The normalized spacial score (nSPS) is 26.4. The first kappa shape index (κ1) is 15.9. The summed E-state index contributed by atoms with van der Waals surface area (Å²) in [6.45, 7) is 15.0. The third-order valence-corrected chi connectivity index (χ3v) is 5.83. The molecule has 2 heteroatoms. The summed E-state index contributed by atoms with van der Waals surface area (Å²) in [6.07, 6.45) is 1.19. The maximum atomic E-state index is 3.77. The van der Waals surface area contributed by atoms with Crippen LogP contribution < -0.4 is 5.32 Å². The van der Waals surface area contributed by atoms with E-state index in [1.54, 1.807) is 0 Å². The predicted molar refractivity (Wildman–Crippen MR) is 90.7 cm³/mol. The van der Waals surface area contributed by atoms with E-state index in [0.29, 0.717) is 17.2 Å². The topological polar surface area (TPSA) is 12.0 Å². The molecule has 1 aromatic rings. The van der Waals surface area contributed by atoms with E-state index in [9.17, 15) is 0 Å². The van der Waals surface area contributed by atoms with Crippen molar-refractivity contribution in [3.05, 3.63) is 29.3 Å². The first-order valence-corrected chi connectivity index (χ1v) is 8.77. The second-order valence-corrected chi connectivity index (χ2v) is 8.54. The van der Waals surface area contributed by atoms with Gasteiger partial charge >= 0.3 is 0 Å². The molecule has 0 aromatic heterocycles. The Balaban J connectivity index is 2.40. The Kier molecular flexibility index (Phi) is 4.86. The van der Waals surface area contributed by atoms with Crippen LogP contribution in [0.1, 0.15) is 65.1 Å². The van der Waals surface area contributed by atoms with Gasteiger partial charge in [-0.3, -0.25) is 0 Å². The van der Waals surface area contributed by atoms with Crippen LogP contribution in [0, 0.1) is 5.92 Å². The molecule has 0 fully saturated rings. The lowest BCUT2D eigenvalue weighted by Crippen LogP contribution is -2.35. The number of rotatable bonds is 3. The molecule has 0 aliphatic carbocycles. The lowest BCUT2D eigenvalue weighted by atomic mass is 9.83. The maximum absolute atomic E-state index is 3.77. The third kappa shape index (κ3) is 3.23. The van der Waals surface area contributed by atoms with Gasteiger partial charge in [0.2, 0.25) is 0 Å². The molecule has 0 amide bonds. The molecule has 0 radical (unpaired) electrons. The van der Waals surface area contributed by atoms with Crippen LogP contribution in [0.25, 0.3) is 0 Å². The lowest BCUT2D eigenvalue weighted by Gasteiger charge is -2.37. The smallest absolute Gasteiger partial charge is 0.0367 e. The number of hydrogen-bond acceptors (Lipinski definition) is 2. The van der Waals surface area contributed by atoms with Gasteiger partial charge in [-0.1, -0.05) is 53.7 Å². The van der Waals surface area contributed by atoms with Crippen LogP contribution in [-0.4, -0.2) is 11.8 Å². The van der Waals surface area contributed by atoms with Crippen LogP contribution in [0.2, 0.25) is 0 Å². The van der Waals surface area contributed by atoms with Gasteiger partial charge in [0.15, 0.2) is 0 Å². The Hall–Kier alpha value is -0.470. The Morgan fingerprint density at radius 1 is 1.20 bits per heavy atom. The molecule has 2 rings (SSSR count). The molecule has 0 spiro atoms. The number of fused-ring (bicyclic) bond motifs is 1. The standard InChI is InChI=1S/C18H29NS/c1-7-10-19-17-12(2)13(3)20-16-9-8-14(11-15(16)17)18(4,5)6/h8-9,11-13,17,19H,7,10H2,1-6H3. The van der Waals surface area contributed by atoms with Crippen LogP contribution >= 0.6 is 11.8 Å². The summed E-state index contributed by atoms with van der Waals surface area (Å²) in [5, 5.41) is 4.45. The minimum Gasteiger partial charge on any atom is -0.310 e. The van der Waals surface area contributed by atoms with Crippen molar-refractivity contribution in [2.24, 2.45) is 5.92 Å². The van der Waals surface area contributed by atoms with E-state index in [-0.39, 0.29) is 5.41 Å². The second kappa shape index (κ2) is 6.11. The molecule has 1 aliphatic rings. The number of benzene rings is 1. The molecule has 1 N–H and O–H groups in total. The monoisotopic (exact) mass is 291 g/mol. The van der Waals surface area contributed by atoms with Gasteiger partial charge in [0, 0.05) is 16.2 Å². The molecule has 1 nitrogen and oxygen atoms in total. The number of hydrogen-bond donors (Lipinski definition) is 1. The van der Waals surface area contributed by atoms with E-state index >= 15 is 0 Å². The fraction of sp³-hybridized carbons (Fsp3) is 0.667. The van der Waals surface area contributed by atoms with Crippen molar-refractivity contribution in [2.75, 3.05) is 6.54 Å². The van der Waals surface area contributed by atoms with Gasteiger partial charge in [0.25, 0.3) is 0 Å². The van der Waals surface area contributed by atoms with E-state index in [1.807, 2.05) is 11.8 Å². The average Bonchev–Trinajstić information content (AvgIpc) is 2.38. The highest BCUT2D eigenvalue weighted by molar-refractivity contribution is 8.00. The molecular weight excluding hydrogens is 262 g/mol. The van der Waals surface area contributed by atoms with Gasteiger partial charge in [-0.2, -0.15) is 0 Å². The van der Waals surface area contributed by atoms with Crippen LogP contribution in [-0.2, 0) is 5.41 Å². The molecule has 3 atom stereocenters. The van der Waals surface area contributed by atoms with Crippen molar-refractivity contribution in [2.45, 2.75) is 69.6 Å². The molecule has 1 aromatic carbocycles. The minimum absolute atomic E-state index is 0.224. The number of nitrogens with one attached hydrogen (secondary N) is 1. The molecule has 3 unspecified atom stereocenters. The van der Waals surface area contributed by atoms with Gasteiger partial charge < -0.3 is 5.32 Å². The molecule has 0 bridgehead atoms. The number of thioether (sulfide) groups is 1. The molecule has 1 heterocycles. The fourth-order valence-corrected chi connectivity index (χ4v) is 4.06. The summed E-state index contributed by atoms with van der Waals surface area (Å²) in [5.41, 5.74) is 3.18. The van der Waals surface area contributed by atoms with E-state index in [2.05, 4.69) is 65.1 Å². The van der Waals surface area contributed by atoms with E-state index in [1.165, 1.54) is 22.4 Å². The van der Waals surface area contributed by atoms with Crippen LogP contribution in [0.4, 0.5) is 0 Å². The highest BCUT2D eigenvalue weighted by Gasteiger charge is 2.32. The Morgan fingerprint density at radius 3 is 2.50 bits per heavy atom. The lowest BCUT2D eigenvalue weighted by molar-refractivity contribution is 0.372. The zero-order valence-corrected chi connectivity index (χ0v) is 14.6. The molecule has 0 saturated heterocycles. The average molecular weight is 292 g/mol. The van der Waals surface area contributed by atoms with Gasteiger partial charge in [0.1, 0.15) is 0 Å². The summed E-state index contributed by atoms with van der Waals surface area (Å²) in [5.74, 6) is 0.675. The van der Waals surface area contributed by atoms with E-state index in [0.717, 1.165) is 6.54 Å². The molecule has 112 valence electrons. The van der Waals surface area contributed by atoms with E-state index < -0.39 is 0 Å². The van der Waals surface area contributed by atoms with Gasteiger partial charge in [0.05, 0.1) is 0 Å². The van der Waals surface area contributed by atoms with Crippen LogP contribution in [0.5, 0.6) is 0 Å². The summed E-state index contributed by atoms with van der Waals surface area (Å²) in [4.78, 5) is 1.47. The zero-order chi connectivity index (χ0) is 14.9. The fourth-order valence-electron chi connectivity index (χ4n) is 2.82. The summed E-state index contributed by atoms with van der Waals surface area (Å²) >= 11 is 2.04. The van der Waals surface area contributed by atoms with Crippen molar-refractivity contribution in [1.29, 1.82) is 0 Å². The molecule has 0 saturated carbocycles. The van der Waals surface area contributed by atoms with E-state index in [4.69, 9.17) is 0 Å². The van der Waals surface area contributed by atoms with Crippen molar-refractivity contribution < 1.29 is 0 Å². The Morgan fingerprint density at radius 2 is 1.90 bits per heavy atom. The zero-order valence-electron chi connectivity index (χ0n) is 13.8. The molecule has 1 aliphatic heterocycles. The van der Waals surface area contributed by atoms with Crippen molar-refractivity contribution >= 4 is 11.8 Å². The van der Waals surface area contributed by atoms with Gasteiger partial charge in [-0.25, -0.2) is 0 Å². The van der Waals surface area contributed by atoms with Crippen LogP contribution in [0.15, 0.2) is 23.1 Å². The summed E-state index contributed by atoms with van der Waals surface area (Å²) < 4.78 is 0. The first-order valence-electron chi connectivity index (χ1n) is 7.89. The van der Waals surface area contributed by atoms with Gasteiger partial charge in [-0.05, 0) is 41.5 Å². The van der Waals surface area contributed by atoms with Crippen LogP contribution in [0.3, 0.4) is 0 Å². The first-order chi connectivity index (χ1) is 9.34. The SMILES string of the molecule is CCCNC1c2cc(C(C)(C)C)ccc2SC(C)C1C. The highest BCUT2D eigenvalue weighted by atomic mass is 32.2.